The number of aromatic nitrogens is 1. The van der Waals surface area contributed by atoms with Crippen molar-refractivity contribution in [1.29, 1.82) is 0 Å². The summed E-state index contributed by atoms with van der Waals surface area (Å²) in [5, 5.41) is 0. The van der Waals surface area contributed by atoms with E-state index >= 15 is 0 Å². The van der Waals surface area contributed by atoms with Crippen molar-refractivity contribution >= 4 is 5.52 Å². The monoisotopic (exact) mass is 163 g/mol. The minimum Gasteiger partial charge on any atom is -0.284 e. The fourth-order valence-electron chi connectivity index (χ4n) is 1.15. The van der Waals surface area contributed by atoms with E-state index in [2.05, 4.69) is 0 Å². The van der Waals surface area contributed by atoms with Crippen LogP contribution in [0.5, 0.6) is 0 Å². The van der Waals surface area contributed by atoms with Crippen LogP contribution in [0.3, 0.4) is 0 Å². The predicted molar refractivity (Wildman–Crippen MR) is 43.6 cm³/mol. The van der Waals surface area contributed by atoms with E-state index in [0.717, 1.165) is 6.07 Å². The molecule has 0 saturated heterocycles. The molecule has 0 aromatic carbocycles. The molecule has 0 N–H and O–H groups in total. The first kappa shape index (κ1) is 7.03. The maximum absolute atomic E-state index is 12.7. The largest absolute Gasteiger partial charge is 0.284 e. The Morgan fingerprint density at radius 1 is 1.25 bits per heavy atom. The van der Waals surface area contributed by atoms with E-state index < -0.39 is 5.82 Å². The third-order valence-electron chi connectivity index (χ3n) is 1.68. The molecule has 0 bridgehead atoms. The molecule has 0 spiro atoms. The van der Waals surface area contributed by atoms with Crippen LogP contribution in [-0.2, 0) is 0 Å². The first-order chi connectivity index (χ1) is 5.77. The summed E-state index contributed by atoms with van der Waals surface area (Å²) in [5.74, 6) is -0.494. The van der Waals surface area contributed by atoms with Crippen LogP contribution in [0.2, 0.25) is 0 Å². The summed E-state index contributed by atoms with van der Waals surface area (Å²) in [6.07, 6.45) is 1.61. The highest BCUT2D eigenvalue weighted by Crippen LogP contribution is 2.01. The normalized spacial score (nSPS) is 10.4. The van der Waals surface area contributed by atoms with Gasteiger partial charge in [-0.2, -0.15) is 0 Å². The first-order valence-corrected chi connectivity index (χ1v) is 3.54. The van der Waals surface area contributed by atoms with Crippen molar-refractivity contribution in [3.63, 3.8) is 0 Å². The standard InChI is InChI=1S/C9H6FNO/c10-7-5-8-3-1-2-4-11(8)9(12)6-7/h1-6H. The average Bonchev–Trinajstić information content (AvgIpc) is 2.04. The highest BCUT2D eigenvalue weighted by atomic mass is 19.1. The van der Waals surface area contributed by atoms with Crippen molar-refractivity contribution in [3.05, 3.63) is 52.7 Å². The van der Waals surface area contributed by atoms with Gasteiger partial charge in [-0.25, -0.2) is 4.39 Å². The van der Waals surface area contributed by atoms with Crippen LogP contribution < -0.4 is 5.56 Å². The second-order valence-electron chi connectivity index (χ2n) is 2.51. The summed E-state index contributed by atoms with van der Waals surface area (Å²) >= 11 is 0. The summed E-state index contributed by atoms with van der Waals surface area (Å²) in [5.41, 5.74) is 0.230. The number of halogens is 1. The summed E-state index contributed by atoms with van der Waals surface area (Å²) < 4.78 is 14.1. The van der Waals surface area contributed by atoms with E-state index in [-0.39, 0.29) is 5.56 Å². The fourth-order valence-corrected chi connectivity index (χ4v) is 1.15. The molecule has 2 heterocycles. The molecule has 0 unspecified atom stereocenters. The molecule has 0 aliphatic carbocycles. The number of rotatable bonds is 0. The lowest BCUT2D eigenvalue weighted by atomic mass is 10.3. The molecular formula is C9H6FNO. The Balaban J connectivity index is 2.99. The van der Waals surface area contributed by atoms with E-state index in [1.165, 1.54) is 10.5 Å². The molecule has 0 aliphatic rings. The van der Waals surface area contributed by atoms with Gasteiger partial charge in [-0.15, -0.1) is 0 Å². The topological polar surface area (TPSA) is 21.5 Å². The van der Waals surface area contributed by atoms with Gasteiger partial charge in [-0.05, 0) is 18.2 Å². The average molecular weight is 163 g/mol. The number of hydrogen-bond acceptors (Lipinski definition) is 1. The summed E-state index contributed by atoms with van der Waals surface area (Å²) in [6.45, 7) is 0. The minimum absolute atomic E-state index is 0.342. The molecule has 0 atom stereocenters. The first-order valence-electron chi connectivity index (χ1n) is 3.54. The van der Waals surface area contributed by atoms with Gasteiger partial charge in [0.25, 0.3) is 5.56 Å². The molecule has 0 radical (unpaired) electrons. The van der Waals surface area contributed by atoms with Gasteiger partial charge in [0.2, 0.25) is 0 Å². The van der Waals surface area contributed by atoms with E-state index in [1.54, 1.807) is 24.4 Å². The summed E-state index contributed by atoms with van der Waals surface area (Å²) in [7, 11) is 0. The van der Waals surface area contributed by atoms with E-state index in [9.17, 15) is 9.18 Å². The molecule has 12 heavy (non-hydrogen) atoms. The number of pyridine rings is 2. The smallest absolute Gasteiger partial charge is 0.257 e. The third-order valence-corrected chi connectivity index (χ3v) is 1.68. The van der Waals surface area contributed by atoms with Gasteiger partial charge in [0, 0.05) is 12.3 Å². The Morgan fingerprint density at radius 2 is 2.08 bits per heavy atom. The molecule has 0 amide bonds. The molecule has 2 aromatic heterocycles. The van der Waals surface area contributed by atoms with Gasteiger partial charge in [0.1, 0.15) is 5.82 Å². The number of hydrogen-bond donors (Lipinski definition) is 0. The van der Waals surface area contributed by atoms with Crippen LogP contribution in [0.4, 0.5) is 4.39 Å². The highest BCUT2D eigenvalue weighted by Gasteiger charge is 1.96. The Hall–Kier alpha value is -1.64. The SMILES string of the molecule is O=c1cc(F)cc2ccccn12. The Morgan fingerprint density at radius 3 is 2.92 bits per heavy atom. The van der Waals surface area contributed by atoms with Crippen LogP contribution in [0.25, 0.3) is 5.52 Å². The molecule has 2 rings (SSSR count). The Kier molecular flexibility index (Phi) is 1.43. The van der Waals surface area contributed by atoms with Gasteiger partial charge in [0.15, 0.2) is 0 Å². The predicted octanol–water partition coefficient (Wildman–Crippen LogP) is 1.44. The van der Waals surface area contributed by atoms with Crippen LogP contribution >= 0.6 is 0 Å². The van der Waals surface area contributed by atoms with Crippen LogP contribution in [0, 0.1) is 5.82 Å². The number of nitrogens with zero attached hydrogens (tertiary/aromatic N) is 1. The molecule has 0 saturated carbocycles. The zero-order valence-electron chi connectivity index (χ0n) is 6.20. The third kappa shape index (κ3) is 0.993. The van der Waals surface area contributed by atoms with Crippen molar-refractivity contribution in [2.45, 2.75) is 0 Å². The van der Waals surface area contributed by atoms with Gasteiger partial charge in [0.05, 0.1) is 5.52 Å². The number of fused-ring (bicyclic) bond motifs is 1. The molecule has 0 fully saturated rings. The Bertz CT molecular complexity index is 475. The molecule has 0 aliphatic heterocycles. The van der Waals surface area contributed by atoms with Crippen LogP contribution in [0.15, 0.2) is 41.3 Å². The van der Waals surface area contributed by atoms with Crippen molar-refractivity contribution in [2.75, 3.05) is 0 Å². The maximum atomic E-state index is 12.7. The van der Waals surface area contributed by atoms with Crippen LogP contribution in [0.1, 0.15) is 0 Å². The zero-order valence-corrected chi connectivity index (χ0v) is 6.20. The van der Waals surface area contributed by atoms with Gasteiger partial charge in [-0.3, -0.25) is 9.20 Å². The Labute approximate surface area is 67.9 Å². The molecule has 3 heteroatoms. The lowest BCUT2D eigenvalue weighted by molar-refractivity contribution is 0.624. The van der Waals surface area contributed by atoms with Gasteiger partial charge < -0.3 is 0 Å². The van der Waals surface area contributed by atoms with Crippen molar-refractivity contribution in [3.8, 4) is 0 Å². The van der Waals surface area contributed by atoms with Crippen molar-refractivity contribution in [2.24, 2.45) is 0 Å². The maximum Gasteiger partial charge on any atom is 0.257 e. The molecule has 2 aromatic rings. The van der Waals surface area contributed by atoms with E-state index in [0.29, 0.717) is 5.52 Å². The molecular weight excluding hydrogens is 157 g/mol. The summed E-state index contributed by atoms with van der Waals surface area (Å²) in [4.78, 5) is 11.1. The second kappa shape index (κ2) is 2.44. The summed E-state index contributed by atoms with van der Waals surface area (Å²) in [6, 6.07) is 7.46. The lowest BCUT2D eigenvalue weighted by Gasteiger charge is -1.97. The second-order valence-corrected chi connectivity index (χ2v) is 2.51. The minimum atomic E-state index is -0.494. The van der Waals surface area contributed by atoms with E-state index in [4.69, 9.17) is 0 Å². The zero-order chi connectivity index (χ0) is 8.55. The van der Waals surface area contributed by atoms with Crippen molar-refractivity contribution < 1.29 is 4.39 Å². The van der Waals surface area contributed by atoms with E-state index in [1.807, 2.05) is 0 Å². The molecule has 60 valence electrons. The van der Waals surface area contributed by atoms with Gasteiger partial charge in [-0.1, -0.05) is 6.07 Å². The van der Waals surface area contributed by atoms with Gasteiger partial charge >= 0.3 is 0 Å². The van der Waals surface area contributed by atoms with Crippen molar-refractivity contribution in [1.82, 2.24) is 4.40 Å². The molecule has 2 nitrogen and oxygen atoms in total. The quantitative estimate of drug-likeness (QED) is 0.575. The highest BCUT2D eigenvalue weighted by molar-refractivity contribution is 5.45. The van der Waals surface area contributed by atoms with Crippen LogP contribution in [-0.4, -0.2) is 4.40 Å². The lowest BCUT2D eigenvalue weighted by Crippen LogP contribution is -2.11. The fraction of sp³-hybridized carbons (Fsp3) is 0.